The molecule has 0 aliphatic heterocycles. The van der Waals surface area contributed by atoms with E-state index < -0.39 is 11.2 Å². The number of rotatable bonds is 5. The van der Waals surface area contributed by atoms with E-state index in [1.807, 2.05) is 24.3 Å². The summed E-state index contributed by atoms with van der Waals surface area (Å²) in [4.78, 5) is 36.7. The van der Waals surface area contributed by atoms with Crippen LogP contribution < -0.4 is 21.3 Å². The van der Waals surface area contributed by atoms with Crippen molar-refractivity contribution in [3.05, 3.63) is 86.1 Å². The van der Waals surface area contributed by atoms with Crippen LogP contribution in [-0.4, -0.2) is 15.5 Å². The number of carbonyl (C=O) groups excluding carboxylic acids is 1. The number of aromatic amines is 1. The Bertz CT molecular complexity index is 1020. The van der Waals surface area contributed by atoms with Gasteiger partial charge in [-0.2, -0.15) is 0 Å². The summed E-state index contributed by atoms with van der Waals surface area (Å²) in [5, 5.41) is 2.68. The van der Waals surface area contributed by atoms with Gasteiger partial charge in [-0.1, -0.05) is 15.9 Å². The number of hydrogen-bond acceptors (Lipinski definition) is 4. The van der Waals surface area contributed by atoms with Crippen LogP contribution >= 0.6 is 15.9 Å². The number of nitrogens with zero attached hydrogens (tertiary/aromatic N) is 1. The van der Waals surface area contributed by atoms with Gasteiger partial charge in [0.25, 0.3) is 5.56 Å². The molecule has 3 aromatic rings. The fraction of sp³-hybridized carbons (Fsp3) is 0.0556. The van der Waals surface area contributed by atoms with E-state index >= 15 is 0 Å². The van der Waals surface area contributed by atoms with Crippen LogP contribution in [0.4, 0.5) is 5.69 Å². The third-order valence-electron chi connectivity index (χ3n) is 3.40. The largest absolute Gasteiger partial charge is 0.457 e. The Kier molecular flexibility index (Phi) is 5.33. The Morgan fingerprint density at radius 3 is 2.23 bits per heavy atom. The third-order valence-corrected chi connectivity index (χ3v) is 3.93. The van der Waals surface area contributed by atoms with Crippen LogP contribution in [0, 0.1) is 0 Å². The zero-order valence-corrected chi connectivity index (χ0v) is 15.0. The minimum atomic E-state index is -0.633. The highest BCUT2D eigenvalue weighted by molar-refractivity contribution is 9.10. The highest BCUT2D eigenvalue weighted by Gasteiger charge is 2.06. The number of aromatic nitrogens is 2. The van der Waals surface area contributed by atoms with Crippen molar-refractivity contribution in [3.63, 3.8) is 0 Å². The molecule has 1 heterocycles. The average Bonchev–Trinajstić information content (AvgIpc) is 2.61. The number of benzene rings is 2. The molecular weight excluding hydrogens is 402 g/mol. The number of hydrogen-bond donors (Lipinski definition) is 2. The molecule has 2 N–H and O–H groups in total. The van der Waals surface area contributed by atoms with Gasteiger partial charge < -0.3 is 10.1 Å². The maximum absolute atomic E-state index is 12.0. The van der Waals surface area contributed by atoms with Crippen molar-refractivity contribution in [3.8, 4) is 11.5 Å². The van der Waals surface area contributed by atoms with Gasteiger partial charge in [-0.05, 0) is 48.5 Å². The van der Waals surface area contributed by atoms with Gasteiger partial charge in [0, 0.05) is 22.4 Å². The summed E-state index contributed by atoms with van der Waals surface area (Å²) in [6.45, 7) is -0.202. The van der Waals surface area contributed by atoms with Gasteiger partial charge in [0.05, 0.1) is 0 Å². The Morgan fingerprint density at radius 1 is 1.00 bits per heavy atom. The molecule has 0 saturated carbocycles. The van der Waals surface area contributed by atoms with Crippen molar-refractivity contribution in [2.45, 2.75) is 6.54 Å². The molecule has 3 rings (SSSR count). The van der Waals surface area contributed by atoms with Crippen molar-refractivity contribution in [2.75, 3.05) is 5.32 Å². The molecule has 0 unspecified atom stereocenters. The summed E-state index contributed by atoms with van der Waals surface area (Å²) >= 11 is 3.36. The molecule has 0 atom stereocenters. The molecule has 0 saturated heterocycles. The average molecular weight is 416 g/mol. The first-order valence-electron chi connectivity index (χ1n) is 7.63. The van der Waals surface area contributed by atoms with Gasteiger partial charge in [0.15, 0.2) is 0 Å². The first kappa shape index (κ1) is 17.7. The van der Waals surface area contributed by atoms with Crippen LogP contribution in [0.3, 0.4) is 0 Å². The molecule has 0 aliphatic carbocycles. The molecule has 0 aliphatic rings. The van der Waals surface area contributed by atoms with E-state index in [9.17, 15) is 14.4 Å². The van der Waals surface area contributed by atoms with Crippen LogP contribution in [0.15, 0.2) is 74.9 Å². The third kappa shape index (κ3) is 4.70. The first-order valence-corrected chi connectivity index (χ1v) is 8.42. The Balaban J connectivity index is 1.61. The lowest BCUT2D eigenvalue weighted by Gasteiger charge is -2.09. The molecular formula is C18H14BrN3O4. The second-order valence-electron chi connectivity index (χ2n) is 5.37. The van der Waals surface area contributed by atoms with Gasteiger partial charge in [0.2, 0.25) is 5.91 Å². The maximum atomic E-state index is 12.0. The molecule has 0 radical (unpaired) electrons. The van der Waals surface area contributed by atoms with Crippen LogP contribution in [0.1, 0.15) is 0 Å². The van der Waals surface area contributed by atoms with Crippen molar-refractivity contribution < 1.29 is 9.53 Å². The molecule has 26 heavy (non-hydrogen) atoms. The molecule has 7 nitrogen and oxygen atoms in total. The van der Waals surface area contributed by atoms with Gasteiger partial charge in [0.1, 0.15) is 18.0 Å². The van der Waals surface area contributed by atoms with Gasteiger partial charge in [-0.15, -0.1) is 0 Å². The highest BCUT2D eigenvalue weighted by atomic mass is 79.9. The summed E-state index contributed by atoms with van der Waals surface area (Å²) in [5.41, 5.74) is -0.574. The van der Waals surface area contributed by atoms with Crippen molar-refractivity contribution in [2.24, 2.45) is 0 Å². The minimum Gasteiger partial charge on any atom is -0.457 e. The lowest BCUT2D eigenvalue weighted by Crippen LogP contribution is -2.32. The van der Waals surface area contributed by atoms with Gasteiger partial charge in [-0.3, -0.25) is 19.1 Å². The Labute approximate surface area is 156 Å². The van der Waals surface area contributed by atoms with Crippen LogP contribution in [0.25, 0.3) is 0 Å². The summed E-state index contributed by atoms with van der Waals surface area (Å²) < 4.78 is 7.78. The molecule has 2 aromatic carbocycles. The van der Waals surface area contributed by atoms with Crippen LogP contribution in [-0.2, 0) is 11.3 Å². The molecule has 0 spiro atoms. The summed E-state index contributed by atoms with van der Waals surface area (Å²) in [7, 11) is 0. The van der Waals surface area contributed by atoms with Crippen molar-refractivity contribution in [1.82, 2.24) is 9.55 Å². The predicted molar refractivity (Wildman–Crippen MR) is 101 cm³/mol. The molecule has 0 bridgehead atoms. The maximum Gasteiger partial charge on any atom is 0.328 e. The zero-order chi connectivity index (χ0) is 18.5. The smallest absolute Gasteiger partial charge is 0.328 e. The van der Waals surface area contributed by atoms with Crippen molar-refractivity contribution >= 4 is 27.5 Å². The molecule has 1 aromatic heterocycles. The highest BCUT2D eigenvalue weighted by Crippen LogP contribution is 2.24. The number of nitrogens with one attached hydrogen (secondary N) is 2. The standard InChI is InChI=1S/C18H14BrN3O4/c19-12-1-5-14(6-2-12)26-15-7-3-13(4-8-15)20-17(24)11-22-10-9-16(23)21-18(22)25/h1-10H,11H2,(H,20,24)(H,21,23,25). The molecule has 0 fully saturated rings. The Hall–Kier alpha value is -3.13. The van der Waals surface area contributed by atoms with Crippen molar-refractivity contribution in [1.29, 1.82) is 0 Å². The SMILES string of the molecule is O=C(Cn1ccc(=O)[nH]c1=O)Nc1ccc(Oc2ccc(Br)cc2)cc1. The number of ether oxygens (including phenoxy) is 1. The zero-order valence-electron chi connectivity index (χ0n) is 13.4. The lowest BCUT2D eigenvalue weighted by molar-refractivity contribution is -0.116. The topological polar surface area (TPSA) is 93.2 Å². The van der Waals surface area contributed by atoms with E-state index in [-0.39, 0.29) is 12.5 Å². The van der Waals surface area contributed by atoms with E-state index in [4.69, 9.17) is 4.74 Å². The van der Waals surface area contributed by atoms with Crippen LogP contribution in [0.2, 0.25) is 0 Å². The fourth-order valence-electron chi connectivity index (χ4n) is 2.17. The summed E-state index contributed by atoms with van der Waals surface area (Å²) in [6.07, 6.45) is 1.27. The van der Waals surface area contributed by atoms with E-state index in [0.29, 0.717) is 17.2 Å². The number of amides is 1. The minimum absolute atomic E-state index is 0.202. The Morgan fingerprint density at radius 2 is 1.62 bits per heavy atom. The molecule has 132 valence electrons. The van der Waals surface area contributed by atoms with E-state index in [2.05, 4.69) is 26.2 Å². The van der Waals surface area contributed by atoms with E-state index in [1.165, 1.54) is 12.3 Å². The normalized spacial score (nSPS) is 10.3. The second-order valence-corrected chi connectivity index (χ2v) is 6.28. The van der Waals surface area contributed by atoms with Gasteiger partial charge in [-0.25, -0.2) is 4.79 Å². The number of anilines is 1. The van der Waals surface area contributed by atoms with Gasteiger partial charge >= 0.3 is 5.69 Å². The fourth-order valence-corrected chi connectivity index (χ4v) is 2.43. The number of halogens is 1. The monoisotopic (exact) mass is 415 g/mol. The second kappa shape index (κ2) is 7.83. The number of carbonyl (C=O) groups is 1. The lowest BCUT2D eigenvalue weighted by atomic mass is 10.3. The first-order chi connectivity index (χ1) is 12.5. The van der Waals surface area contributed by atoms with Crippen LogP contribution in [0.5, 0.6) is 11.5 Å². The number of H-pyrrole nitrogens is 1. The predicted octanol–water partition coefficient (Wildman–Crippen LogP) is 2.73. The summed E-state index contributed by atoms with van der Waals surface area (Å²) in [6, 6.07) is 15.5. The molecule has 1 amide bonds. The quantitative estimate of drug-likeness (QED) is 0.669. The molecule has 8 heteroatoms. The van der Waals surface area contributed by atoms with E-state index in [0.717, 1.165) is 9.04 Å². The van der Waals surface area contributed by atoms with E-state index in [1.54, 1.807) is 24.3 Å². The summed E-state index contributed by atoms with van der Waals surface area (Å²) in [5.74, 6) is 0.935.